The van der Waals surface area contributed by atoms with E-state index in [0.717, 1.165) is 5.56 Å². The van der Waals surface area contributed by atoms with Crippen molar-refractivity contribution in [1.29, 1.82) is 0 Å². The van der Waals surface area contributed by atoms with Gasteiger partial charge in [-0.05, 0) is 30.7 Å². The summed E-state index contributed by atoms with van der Waals surface area (Å²) >= 11 is 0. The second-order valence-electron chi connectivity index (χ2n) is 5.75. The number of methoxy groups -OCH3 is 1. The molecule has 6 nitrogen and oxygen atoms in total. The average molecular weight is 361 g/mol. The van der Waals surface area contributed by atoms with Crippen LogP contribution in [0.15, 0.2) is 53.4 Å². The molecule has 1 N–H and O–H groups in total. The van der Waals surface area contributed by atoms with Crippen LogP contribution in [0.5, 0.6) is 5.75 Å². The molecule has 0 aliphatic carbocycles. The number of sulfonamides is 1. The number of hydrogen-bond acceptors (Lipinski definition) is 5. The zero-order valence-corrected chi connectivity index (χ0v) is 14.8. The number of hydrogen-bond donors (Lipinski definition) is 1. The predicted octanol–water partition coefficient (Wildman–Crippen LogP) is 1.99. The molecule has 2 aromatic rings. The van der Waals surface area contributed by atoms with Crippen LogP contribution >= 0.6 is 0 Å². The lowest BCUT2D eigenvalue weighted by Gasteiger charge is -2.27. The van der Waals surface area contributed by atoms with Gasteiger partial charge in [-0.1, -0.05) is 30.3 Å². The molecule has 2 aromatic carbocycles. The molecule has 25 heavy (non-hydrogen) atoms. The molecule has 1 aliphatic rings. The van der Waals surface area contributed by atoms with E-state index in [-0.39, 0.29) is 17.9 Å². The zero-order valence-electron chi connectivity index (χ0n) is 14.0. The Balaban J connectivity index is 2.11. The first-order valence-corrected chi connectivity index (χ1v) is 9.35. The summed E-state index contributed by atoms with van der Waals surface area (Å²) in [5, 5.41) is 0. The monoisotopic (exact) mass is 361 g/mol. The molecule has 0 saturated carbocycles. The van der Waals surface area contributed by atoms with Crippen molar-refractivity contribution in [3.05, 3.63) is 59.7 Å². The highest BCUT2D eigenvalue weighted by molar-refractivity contribution is 7.90. The van der Waals surface area contributed by atoms with Crippen LogP contribution in [0.4, 0.5) is 0 Å². The van der Waals surface area contributed by atoms with Gasteiger partial charge in [0, 0.05) is 12.0 Å². The molecule has 1 atom stereocenters. The summed E-state index contributed by atoms with van der Waals surface area (Å²) < 4.78 is 37.9. The zero-order chi connectivity index (χ0) is 18.1. The SMILES string of the molecule is CCOC(=O)[C@]1(Cc2ccc(OC)cc2)NS(=O)(=O)c2ccccc21. The van der Waals surface area contributed by atoms with Crippen LogP contribution in [0.1, 0.15) is 18.1 Å². The number of ether oxygens (including phenoxy) is 2. The van der Waals surface area contributed by atoms with Gasteiger partial charge < -0.3 is 9.47 Å². The van der Waals surface area contributed by atoms with Gasteiger partial charge in [0.25, 0.3) is 0 Å². The van der Waals surface area contributed by atoms with Crippen molar-refractivity contribution in [2.24, 2.45) is 0 Å². The Kier molecular flexibility index (Phi) is 4.53. The Labute approximate surface area is 146 Å². The van der Waals surface area contributed by atoms with Crippen LogP contribution in [-0.4, -0.2) is 28.1 Å². The first kappa shape index (κ1) is 17.4. The molecule has 132 valence electrons. The van der Waals surface area contributed by atoms with E-state index in [0.29, 0.717) is 11.3 Å². The van der Waals surface area contributed by atoms with E-state index in [1.54, 1.807) is 56.5 Å². The predicted molar refractivity (Wildman–Crippen MR) is 91.8 cm³/mol. The van der Waals surface area contributed by atoms with Gasteiger partial charge in [-0.2, -0.15) is 4.72 Å². The van der Waals surface area contributed by atoms with Gasteiger partial charge in [0.15, 0.2) is 5.54 Å². The van der Waals surface area contributed by atoms with E-state index in [1.165, 1.54) is 6.07 Å². The van der Waals surface area contributed by atoms with E-state index in [9.17, 15) is 13.2 Å². The van der Waals surface area contributed by atoms with E-state index in [1.807, 2.05) is 0 Å². The number of carbonyl (C=O) groups is 1. The van der Waals surface area contributed by atoms with Crippen molar-refractivity contribution < 1.29 is 22.7 Å². The lowest BCUT2D eigenvalue weighted by molar-refractivity contribution is -0.150. The molecule has 7 heteroatoms. The van der Waals surface area contributed by atoms with Gasteiger partial charge in [0.2, 0.25) is 10.0 Å². The fraction of sp³-hybridized carbons (Fsp3) is 0.278. The first-order chi connectivity index (χ1) is 11.9. The summed E-state index contributed by atoms with van der Waals surface area (Å²) in [4.78, 5) is 12.9. The van der Waals surface area contributed by atoms with Crippen LogP contribution in [0, 0.1) is 0 Å². The van der Waals surface area contributed by atoms with Crippen molar-refractivity contribution in [3.8, 4) is 5.75 Å². The topological polar surface area (TPSA) is 81.7 Å². The summed E-state index contributed by atoms with van der Waals surface area (Å²) in [5.74, 6) is 0.0701. The highest BCUT2D eigenvalue weighted by atomic mass is 32.2. The van der Waals surface area contributed by atoms with Crippen LogP contribution in [-0.2, 0) is 31.5 Å². The number of esters is 1. The molecule has 0 saturated heterocycles. The highest BCUT2D eigenvalue weighted by Crippen LogP contribution is 2.39. The second kappa shape index (κ2) is 6.50. The van der Waals surface area contributed by atoms with Crippen molar-refractivity contribution in [3.63, 3.8) is 0 Å². The fourth-order valence-corrected chi connectivity index (χ4v) is 4.68. The van der Waals surface area contributed by atoms with Gasteiger partial charge >= 0.3 is 5.97 Å². The standard InChI is InChI=1S/C18H19NO5S/c1-3-24-17(20)18(12-13-8-10-14(23-2)11-9-13)15-6-4-5-7-16(15)25(21,22)19-18/h4-11,19H,3,12H2,1-2H3/t18-/m1/s1. The van der Waals surface area contributed by atoms with E-state index in [4.69, 9.17) is 9.47 Å². The van der Waals surface area contributed by atoms with Gasteiger partial charge in [0.05, 0.1) is 18.6 Å². The number of carbonyl (C=O) groups excluding carboxylic acids is 1. The van der Waals surface area contributed by atoms with Gasteiger partial charge in [0.1, 0.15) is 5.75 Å². The number of fused-ring (bicyclic) bond motifs is 1. The van der Waals surface area contributed by atoms with Gasteiger partial charge in [-0.25, -0.2) is 13.2 Å². The highest BCUT2D eigenvalue weighted by Gasteiger charge is 2.53. The third-order valence-electron chi connectivity index (χ3n) is 4.20. The fourth-order valence-electron chi connectivity index (χ4n) is 3.05. The van der Waals surface area contributed by atoms with Crippen LogP contribution < -0.4 is 9.46 Å². The van der Waals surface area contributed by atoms with E-state index >= 15 is 0 Å². The Bertz CT molecular complexity index is 892. The average Bonchev–Trinajstić information content (AvgIpc) is 2.84. The van der Waals surface area contributed by atoms with Crippen molar-refractivity contribution in [1.82, 2.24) is 4.72 Å². The van der Waals surface area contributed by atoms with Gasteiger partial charge in [-0.15, -0.1) is 0 Å². The molecule has 1 aliphatic heterocycles. The van der Waals surface area contributed by atoms with Crippen molar-refractivity contribution in [2.75, 3.05) is 13.7 Å². The maximum Gasteiger partial charge on any atom is 0.332 e. The summed E-state index contributed by atoms with van der Waals surface area (Å²) in [5.41, 5.74) is -0.280. The van der Waals surface area contributed by atoms with E-state index < -0.39 is 21.5 Å². The minimum atomic E-state index is -3.78. The molecule has 0 unspecified atom stereocenters. The molecule has 0 spiro atoms. The molecule has 0 amide bonds. The maximum absolute atomic E-state index is 12.8. The van der Waals surface area contributed by atoms with Crippen molar-refractivity contribution >= 4 is 16.0 Å². The Morgan fingerprint density at radius 3 is 2.44 bits per heavy atom. The lowest BCUT2D eigenvalue weighted by Crippen LogP contribution is -2.49. The molecule has 0 bridgehead atoms. The second-order valence-corrected chi connectivity index (χ2v) is 7.40. The third kappa shape index (κ3) is 3.01. The maximum atomic E-state index is 12.8. The number of rotatable bonds is 5. The molecule has 0 radical (unpaired) electrons. The lowest BCUT2D eigenvalue weighted by atomic mass is 9.84. The molecule has 3 rings (SSSR count). The summed E-state index contributed by atoms with van der Waals surface area (Å²) in [6.07, 6.45) is 0.145. The third-order valence-corrected chi connectivity index (χ3v) is 5.75. The van der Waals surface area contributed by atoms with Crippen molar-refractivity contribution in [2.45, 2.75) is 23.8 Å². The number of benzene rings is 2. The largest absolute Gasteiger partial charge is 0.497 e. The van der Waals surface area contributed by atoms with Gasteiger partial charge in [-0.3, -0.25) is 0 Å². The molecule has 1 heterocycles. The van der Waals surface area contributed by atoms with E-state index in [2.05, 4.69) is 4.72 Å². The Hall–Kier alpha value is -2.38. The summed E-state index contributed by atoms with van der Waals surface area (Å²) in [7, 11) is -2.22. The minimum Gasteiger partial charge on any atom is -0.497 e. The van der Waals surface area contributed by atoms with Crippen LogP contribution in [0.2, 0.25) is 0 Å². The molecule has 0 aromatic heterocycles. The summed E-state index contributed by atoms with van der Waals surface area (Å²) in [6.45, 7) is 1.85. The minimum absolute atomic E-state index is 0.108. The summed E-state index contributed by atoms with van der Waals surface area (Å²) in [6, 6.07) is 13.6. The quantitative estimate of drug-likeness (QED) is 0.824. The Morgan fingerprint density at radius 2 is 1.80 bits per heavy atom. The normalized spacial score (nSPS) is 20.7. The molecular weight excluding hydrogens is 342 g/mol. The van der Waals surface area contributed by atoms with Crippen LogP contribution in [0.25, 0.3) is 0 Å². The first-order valence-electron chi connectivity index (χ1n) is 7.86. The smallest absolute Gasteiger partial charge is 0.332 e. The van der Waals surface area contributed by atoms with Crippen LogP contribution in [0.3, 0.4) is 0 Å². The molecule has 0 fully saturated rings. The Morgan fingerprint density at radius 1 is 1.12 bits per heavy atom. The number of nitrogens with one attached hydrogen (secondary N) is 1. The molecular formula is C18H19NO5S.